The molecule has 0 radical (unpaired) electrons. The molecule has 7 heteroatoms. The number of halogens is 2. The van der Waals surface area contributed by atoms with Crippen molar-refractivity contribution in [3.8, 4) is 6.07 Å². The maximum atomic E-state index is 14.0. The van der Waals surface area contributed by atoms with Gasteiger partial charge in [-0.25, -0.2) is 9.38 Å². The zero-order chi connectivity index (χ0) is 20.2. The fourth-order valence-electron chi connectivity index (χ4n) is 2.61. The molecule has 1 unspecified atom stereocenters. The largest absolute Gasteiger partial charge is 0.374 e. The molecule has 0 heterocycles. The van der Waals surface area contributed by atoms with Crippen LogP contribution in [0.4, 0.5) is 4.39 Å². The van der Waals surface area contributed by atoms with E-state index >= 15 is 0 Å². The summed E-state index contributed by atoms with van der Waals surface area (Å²) >= 11 is 0. The third kappa shape index (κ3) is 8.79. The molecule has 0 fully saturated rings. The van der Waals surface area contributed by atoms with Crippen molar-refractivity contribution in [1.82, 2.24) is 10.6 Å². The number of nitrogens with zero attached hydrogens (tertiary/aromatic N) is 2. The fraction of sp³-hybridized carbons (Fsp3) is 0.364. The van der Waals surface area contributed by atoms with Gasteiger partial charge in [-0.2, -0.15) is 5.26 Å². The predicted octanol–water partition coefficient (Wildman–Crippen LogP) is 4.54. The van der Waals surface area contributed by atoms with Gasteiger partial charge < -0.3 is 15.4 Å². The minimum atomic E-state index is -0.415. The Balaban J connectivity index is 0.00000420. The van der Waals surface area contributed by atoms with Crippen molar-refractivity contribution < 1.29 is 9.13 Å². The van der Waals surface area contributed by atoms with Crippen molar-refractivity contribution in [1.29, 1.82) is 5.26 Å². The lowest BCUT2D eigenvalue weighted by atomic mass is 10.1. The highest BCUT2D eigenvalue weighted by molar-refractivity contribution is 14.0. The number of ether oxygens (including phenoxy) is 1. The number of hydrogen-bond acceptors (Lipinski definition) is 3. The molecule has 2 rings (SSSR count). The summed E-state index contributed by atoms with van der Waals surface area (Å²) in [7, 11) is 0. The molecule has 29 heavy (non-hydrogen) atoms. The topological polar surface area (TPSA) is 69.4 Å². The summed E-state index contributed by atoms with van der Waals surface area (Å²) in [5, 5.41) is 15.2. The Hall–Kier alpha value is -2.18. The Morgan fingerprint density at radius 3 is 2.62 bits per heavy atom. The van der Waals surface area contributed by atoms with Gasteiger partial charge >= 0.3 is 0 Å². The van der Waals surface area contributed by atoms with Crippen molar-refractivity contribution in [2.75, 3.05) is 19.7 Å². The van der Waals surface area contributed by atoms with Crippen LogP contribution in [0.2, 0.25) is 0 Å². The maximum absolute atomic E-state index is 14.0. The summed E-state index contributed by atoms with van der Waals surface area (Å²) in [5.41, 5.74) is 1.92. The molecule has 0 aromatic heterocycles. The second-order valence-electron chi connectivity index (χ2n) is 6.32. The highest BCUT2D eigenvalue weighted by atomic mass is 127. The number of aliphatic imine (C=N–C) groups is 1. The number of nitrogens with one attached hydrogen (secondary N) is 2. The Labute approximate surface area is 189 Å². The van der Waals surface area contributed by atoms with Gasteiger partial charge in [0.25, 0.3) is 0 Å². The van der Waals surface area contributed by atoms with Crippen LogP contribution >= 0.6 is 24.0 Å². The van der Waals surface area contributed by atoms with E-state index in [1.807, 2.05) is 38.1 Å². The first-order valence-electron chi connectivity index (χ1n) is 9.51. The van der Waals surface area contributed by atoms with E-state index in [0.29, 0.717) is 36.8 Å². The zero-order valence-corrected chi connectivity index (χ0v) is 19.2. The van der Waals surface area contributed by atoms with Gasteiger partial charge in [0.2, 0.25) is 0 Å². The smallest absolute Gasteiger partial charge is 0.191 e. The molecule has 0 aliphatic rings. The van der Waals surface area contributed by atoms with Crippen LogP contribution in [0.1, 0.15) is 43.1 Å². The third-order valence-corrected chi connectivity index (χ3v) is 4.18. The van der Waals surface area contributed by atoms with Crippen LogP contribution in [-0.2, 0) is 11.3 Å². The molecule has 0 aliphatic heterocycles. The molecular weight excluding hydrogens is 482 g/mol. The molecule has 156 valence electrons. The summed E-state index contributed by atoms with van der Waals surface area (Å²) < 4.78 is 19.8. The number of hydrogen-bond donors (Lipinski definition) is 2. The van der Waals surface area contributed by atoms with E-state index in [1.165, 1.54) is 6.07 Å². The van der Waals surface area contributed by atoms with E-state index in [1.54, 1.807) is 12.1 Å². The molecular formula is C22H28FIN4O. The number of rotatable bonds is 9. The van der Waals surface area contributed by atoms with Crippen molar-refractivity contribution in [3.63, 3.8) is 0 Å². The highest BCUT2D eigenvalue weighted by Crippen LogP contribution is 2.15. The lowest BCUT2D eigenvalue weighted by molar-refractivity contribution is 0.0646. The quantitative estimate of drug-likeness (QED) is 0.225. The van der Waals surface area contributed by atoms with Gasteiger partial charge in [-0.1, -0.05) is 36.4 Å². The van der Waals surface area contributed by atoms with Crippen LogP contribution in [-0.4, -0.2) is 25.7 Å². The Bertz CT molecular complexity index is 808. The Morgan fingerprint density at radius 2 is 1.97 bits per heavy atom. The molecule has 0 aliphatic carbocycles. The third-order valence-electron chi connectivity index (χ3n) is 4.18. The average molecular weight is 510 g/mol. The maximum Gasteiger partial charge on any atom is 0.191 e. The van der Waals surface area contributed by atoms with Gasteiger partial charge in [0.15, 0.2) is 5.96 Å². The lowest BCUT2D eigenvalue weighted by Crippen LogP contribution is -2.38. The molecule has 1 atom stereocenters. The molecule has 2 N–H and O–H groups in total. The zero-order valence-electron chi connectivity index (χ0n) is 16.8. The Kier molecular flexibility index (Phi) is 11.9. The van der Waals surface area contributed by atoms with Crippen molar-refractivity contribution in [2.45, 2.75) is 32.9 Å². The van der Waals surface area contributed by atoms with E-state index in [0.717, 1.165) is 12.0 Å². The summed E-state index contributed by atoms with van der Waals surface area (Å²) in [6.45, 7) is 6.26. The Morgan fingerprint density at radius 1 is 1.21 bits per heavy atom. The van der Waals surface area contributed by atoms with Crippen LogP contribution in [0.25, 0.3) is 0 Å². The first-order valence-corrected chi connectivity index (χ1v) is 9.51. The summed E-state index contributed by atoms with van der Waals surface area (Å²) in [5.74, 6) is 0.212. The first kappa shape index (κ1) is 24.9. The molecule has 5 nitrogen and oxygen atoms in total. The van der Waals surface area contributed by atoms with Gasteiger partial charge in [-0.15, -0.1) is 24.0 Å². The number of nitriles is 1. The second kappa shape index (κ2) is 13.9. The molecule has 0 amide bonds. The van der Waals surface area contributed by atoms with E-state index in [4.69, 9.17) is 10.00 Å². The van der Waals surface area contributed by atoms with Gasteiger partial charge in [-0.05, 0) is 38.0 Å². The minimum Gasteiger partial charge on any atom is -0.374 e. The van der Waals surface area contributed by atoms with Crippen LogP contribution in [0, 0.1) is 17.1 Å². The summed E-state index contributed by atoms with van der Waals surface area (Å²) in [6, 6.07) is 16.5. The van der Waals surface area contributed by atoms with Crippen molar-refractivity contribution in [3.05, 3.63) is 71.0 Å². The van der Waals surface area contributed by atoms with Gasteiger partial charge in [0, 0.05) is 25.3 Å². The highest BCUT2D eigenvalue weighted by Gasteiger charge is 2.06. The molecule has 2 aromatic carbocycles. The van der Waals surface area contributed by atoms with Crippen LogP contribution in [0.5, 0.6) is 0 Å². The van der Waals surface area contributed by atoms with Crippen LogP contribution in [0.3, 0.4) is 0 Å². The van der Waals surface area contributed by atoms with Crippen LogP contribution in [0.15, 0.2) is 53.5 Å². The van der Waals surface area contributed by atoms with Crippen molar-refractivity contribution in [2.24, 2.45) is 4.99 Å². The molecule has 0 saturated carbocycles. The lowest BCUT2D eigenvalue weighted by Gasteiger charge is -2.14. The SMILES string of the molecule is CCNC(=NCc1ccc(C#N)cc1F)NCCCOC(C)c1ccccc1.I. The van der Waals surface area contributed by atoms with E-state index < -0.39 is 5.82 Å². The second-order valence-corrected chi connectivity index (χ2v) is 6.32. The average Bonchev–Trinajstić information content (AvgIpc) is 2.72. The molecule has 0 saturated heterocycles. The fourth-order valence-corrected chi connectivity index (χ4v) is 2.61. The van der Waals surface area contributed by atoms with Crippen molar-refractivity contribution >= 4 is 29.9 Å². The number of benzene rings is 2. The monoisotopic (exact) mass is 510 g/mol. The first-order chi connectivity index (χ1) is 13.6. The van der Waals surface area contributed by atoms with E-state index in [9.17, 15) is 4.39 Å². The summed E-state index contributed by atoms with van der Waals surface area (Å²) in [6.07, 6.45) is 0.884. The minimum absolute atomic E-state index is 0. The van der Waals surface area contributed by atoms with Gasteiger partial charge in [0.05, 0.1) is 24.3 Å². The molecule has 2 aromatic rings. The predicted molar refractivity (Wildman–Crippen MR) is 125 cm³/mol. The molecule has 0 bridgehead atoms. The van der Waals surface area contributed by atoms with Gasteiger partial charge in [-0.3, -0.25) is 0 Å². The van der Waals surface area contributed by atoms with Crippen LogP contribution < -0.4 is 10.6 Å². The van der Waals surface area contributed by atoms with E-state index in [-0.39, 0.29) is 36.6 Å². The van der Waals surface area contributed by atoms with Gasteiger partial charge in [0.1, 0.15) is 5.82 Å². The number of guanidine groups is 1. The standard InChI is InChI=1S/C22H27FN4O.HI/c1-3-25-22(27-16-20-11-10-18(15-24)14-21(20)23)26-12-7-13-28-17(2)19-8-5-4-6-9-19;/h4-6,8-11,14,17H,3,7,12-13,16H2,1-2H3,(H2,25,26,27);1H. The normalized spacial score (nSPS) is 11.9. The summed E-state index contributed by atoms with van der Waals surface area (Å²) in [4.78, 5) is 4.41. The molecule has 0 spiro atoms. The van der Waals surface area contributed by atoms with E-state index in [2.05, 4.69) is 27.8 Å².